The molecule has 4 rings (SSSR count). The molecule has 1 aliphatic carbocycles. The number of amides is 2. The highest BCUT2D eigenvalue weighted by molar-refractivity contribution is 6.00. The van der Waals surface area contributed by atoms with E-state index in [0.29, 0.717) is 18.8 Å². The van der Waals surface area contributed by atoms with E-state index in [1.165, 1.54) is 15.9 Å². The summed E-state index contributed by atoms with van der Waals surface area (Å²) in [4.78, 5) is 30.4. The summed E-state index contributed by atoms with van der Waals surface area (Å²) in [6.45, 7) is 0.742. The Bertz CT molecular complexity index is 916. The number of nitrogens with zero attached hydrogens (tertiary/aromatic N) is 6. The second-order valence-electron chi connectivity index (χ2n) is 7.49. The first kappa shape index (κ1) is 19.4. The third kappa shape index (κ3) is 3.83. The molecule has 1 fully saturated rings. The lowest BCUT2D eigenvalue weighted by atomic mass is 9.74. The van der Waals surface area contributed by atoms with Crippen molar-refractivity contribution in [2.45, 2.75) is 44.6 Å². The number of nitrogens with one attached hydrogen (secondary N) is 1. The quantitative estimate of drug-likeness (QED) is 0.816. The zero-order valence-electron chi connectivity index (χ0n) is 15.6. The molecule has 2 aromatic heterocycles. The second kappa shape index (κ2) is 7.16. The highest BCUT2D eigenvalue weighted by Crippen LogP contribution is 2.45. The first-order chi connectivity index (χ1) is 13.7. The molecule has 0 spiro atoms. The number of likely N-dealkylation sites (N-methyl/N-ethyl adjacent to an activating group) is 1. The SMILES string of the molecule is CN1C(=O)[C@@H](NC(=O)c2ncn(C[C@H]3C[C@@H](C(F)(F)F)C3)n2)CCn2nccc21. The van der Waals surface area contributed by atoms with E-state index in [1.54, 1.807) is 24.0 Å². The Balaban J connectivity index is 1.34. The van der Waals surface area contributed by atoms with Crippen molar-refractivity contribution in [3.8, 4) is 0 Å². The predicted octanol–water partition coefficient (Wildman–Crippen LogP) is 1.23. The maximum atomic E-state index is 12.6. The van der Waals surface area contributed by atoms with Crippen LogP contribution in [0.3, 0.4) is 0 Å². The van der Waals surface area contributed by atoms with Crippen molar-refractivity contribution in [3.05, 3.63) is 24.4 Å². The summed E-state index contributed by atoms with van der Waals surface area (Å²) >= 11 is 0. The fourth-order valence-corrected chi connectivity index (χ4v) is 3.76. The summed E-state index contributed by atoms with van der Waals surface area (Å²) in [5, 5.41) is 10.8. The normalized spacial score (nSPS) is 24.6. The minimum Gasteiger partial charge on any atom is -0.337 e. The monoisotopic (exact) mass is 411 g/mol. The van der Waals surface area contributed by atoms with Crippen molar-refractivity contribution in [3.63, 3.8) is 0 Å². The number of rotatable bonds is 4. The van der Waals surface area contributed by atoms with Crippen LogP contribution in [0, 0.1) is 11.8 Å². The van der Waals surface area contributed by atoms with E-state index in [1.807, 2.05) is 0 Å². The number of carbonyl (C=O) groups is 2. The number of anilines is 1. The summed E-state index contributed by atoms with van der Waals surface area (Å²) in [6.07, 6.45) is -0.741. The molecule has 1 saturated carbocycles. The van der Waals surface area contributed by atoms with Crippen LogP contribution in [0.4, 0.5) is 19.0 Å². The summed E-state index contributed by atoms with van der Waals surface area (Å²) < 4.78 is 40.8. The Morgan fingerprint density at radius 2 is 2.10 bits per heavy atom. The Kier molecular flexibility index (Phi) is 4.79. The van der Waals surface area contributed by atoms with Crippen LogP contribution in [0.2, 0.25) is 0 Å². The molecule has 9 nitrogen and oxygen atoms in total. The smallest absolute Gasteiger partial charge is 0.337 e. The largest absolute Gasteiger partial charge is 0.391 e. The Hall–Kier alpha value is -2.92. The number of hydrogen-bond donors (Lipinski definition) is 1. The van der Waals surface area contributed by atoms with E-state index in [9.17, 15) is 22.8 Å². The Morgan fingerprint density at radius 1 is 1.34 bits per heavy atom. The highest BCUT2D eigenvalue weighted by Gasteiger charge is 2.47. The fraction of sp³-hybridized carbons (Fsp3) is 0.588. The number of halogens is 3. The minimum atomic E-state index is -4.15. The van der Waals surface area contributed by atoms with E-state index in [0.717, 1.165) is 0 Å². The van der Waals surface area contributed by atoms with Gasteiger partial charge in [-0.1, -0.05) is 0 Å². The standard InChI is InChI=1S/C17H20F3N7O2/c1-25-13-2-4-22-27(13)5-3-12(16(25)29)23-15(28)14-21-9-26(24-14)8-10-6-11(7-10)17(18,19)20/h2,4,9-12H,3,5-8H2,1H3,(H,23,28)/t10-,11+,12-/m0/s1. The Labute approximate surface area is 163 Å². The number of alkyl halides is 3. The fourth-order valence-electron chi connectivity index (χ4n) is 3.76. The molecule has 1 aliphatic heterocycles. The van der Waals surface area contributed by atoms with E-state index < -0.39 is 24.0 Å². The number of aryl methyl sites for hydroxylation is 1. The van der Waals surface area contributed by atoms with Crippen LogP contribution in [0.15, 0.2) is 18.6 Å². The predicted molar refractivity (Wildman–Crippen MR) is 93.8 cm³/mol. The average molecular weight is 411 g/mol. The van der Waals surface area contributed by atoms with Gasteiger partial charge in [0.05, 0.1) is 12.1 Å². The zero-order chi connectivity index (χ0) is 20.8. The van der Waals surface area contributed by atoms with Crippen LogP contribution < -0.4 is 10.2 Å². The van der Waals surface area contributed by atoms with Gasteiger partial charge in [0.2, 0.25) is 5.82 Å². The molecule has 12 heteroatoms. The van der Waals surface area contributed by atoms with E-state index in [4.69, 9.17) is 0 Å². The molecule has 2 amide bonds. The topological polar surface area (TPSA) is 97.9 Å². The zero-order valence-corrected chi connectivity index (χ0v) is 15.6. The molecule has 1 atom stereocenters. The second-order valence-corrected chi connectivity index (χ2v) is 7.49. The molecular formula is C17H20F3N7O2. The van der Waals surface area contributed by atoms with Gasteiger partial charge in [0, 0.05) is 26.2 Å². The van der Waals surface area contributed by atoms with Gasteiger partial charge in [-0.3, -0.25) is 19.2 Å². The molecule has 0 aromatic carbocycles. The maximum Gasteiger partial charge on any atom is 0.391 e. The molecule has 0 radical (unpaired) electrons. The van der Waals surface area contributed by atoms with Crippen molar-refractivity contribution >= 4 is 17.6 Å². The van der Waals surface area contributed by atoms with Gasteiger partial charge in [-0.05, 0) is 25.2 Å². The van der Waals surface area contributed by atoms with Gasteiger partial charge in [-0.25, -0.2) is 9.67 Å². The first-order valence-corrected chi connectivity index (χ1v) is 9.29. The van der Waals surface area contributed by atoms with E-state index in [2.05, 4.69) is 20.5 Å². The van der Waals surface area contributed by atoms with Crippen LogP contribution >= 0.6 is 0 Å². The Morgan fingerprint density at radius 3 is 2.83 bits per heavy atom. The van der Waals surface area contributed by atoms with Gasteiger partial charge in [-0.15, -0.1) is 5.10 Å². The van der Waals surface area contributed by atoms with Crippen molar-refractivity contribution in [1.29, 1.82) is 0 Å². The van der Waals surface area contributed by atoms with Crippen molar-refractivity contribution in [1.82, 2.24) is 29.9 Å². The van der Waals surface area contributed by atoms with E-state index >= 15 is 0 Å². The summed E-state index contributed by atoms with van der Waals surface area (Å²) in [5.74, 6) is -1.74. The maximum absolute atomic E-state index is 12.6. The first-order valence-electron chi connectivity index (χ1n) is 9.29. The minimum absolute atomic E-state index is 0.0582. The molecule has 3 heterocycles. The van der Waals surface area contributed by atoms with Crippen LogP contribution in [0.25, 0.3) is 0 Å². The number of carbonyl (C=O) groups excluding carboxylic acids is 2. The van der Waals surface area contributed by atoms with Crippen LogP contribution in [-0.2, 0) is 17.9 Å². The number of fused-ring (bicyclic) bond motifs is 1. The average Bonchev–Trinajstić information content (AvgIpc) is 3.26. The molecule has 0 unspecified atom stereocenters. The van der Waals surface area contributed by atoms with Gasteiger partial charge in [0.25, 0.3) is 11.8 Å². The van der Waals surface area contributed by atoms with Gasteiger partial charge in [0.15, 0.2) is 0 Å². The molecule has 29 heavy (non-hydrogen) atoms. The van der Waals surface area contributed by atoms with Crippen molar-refractivity contribution < 1.29 is 22.8 Å². The van der Waals surface area contributed by atoms with Crippen LogP contribution in [-0.4, -0.2) is 55.6 Å². The van der Waals surface area contributed by atoms with E-state index in [-0.39, 0.29) is 37.0 Å². The summed E-state index contributed by atoms with van der Waals surface area (Å²) in [7, 11) is 1.61. The van der Waals surface area contributed by atoms with Crippen LogP contribution in [0.1, 0.15) is 29.9 Å². The van der Waals surface area contributed by atoms with Gasteiger partial charge in [-0.2, -0.15) is 18.3 Å². The summed E-state index contributed by atoms with van der Waals surface area (Å²) in [5.41, 5.74) is 0. The van der Waals surface area contributed by atoms with Crippen molar-refractivity contribution in [2.24, 2.45) is 11.8 Å². The van der Waals surface area contributed by atoms with Gasteiger partial charge in [0.1, 0.15) is 18.2 Å². The molecule has 156 valence electrons. The molecule has 2 aromatic rings. The highest BCUT2D eigenvalue weighted by atomic mass is 19.4. The lowest BCUT2D eigenvalue weighted by Crippen LogP contribution is -2.47. The third-order valence-corrected chi connectivity index (χ3v) is 5.48. The molecule has 0 bridgehead atoms. The summed E-state index contributed by atoms with van der Waals surface area (Å²) in [6, 6.07) is 0.968. The van der Waals surface area contributed by atoms with Gasteiger partial charge >= 0.3 is 6.18 Å². The van der Waals surface area contributed by atoms with Crippen LogP contribution in [0.5, 0.6) is 0 Å². The number of aromatic nitrogens is 5. The molecule has 0 saturated heterocycles. The third-order valence-electron chi connectivity index (χ3n) is 5.48. The lowest BCUT2D eigenvalue weighted by Gasteiger charge is -2.36. The lowest BCUT2D eigenvalue weighted by molar-refractivity contribution is -0.205. The molecule has 2 aliphatic rings. The van der Waals surface area contributed by atoms with Crippen molar-refractivity contribution in [2.75, 3.05) is 11.9 Å². The molecular weight excluding hydrogens is 391 g/mol. The number of hydrogen-bond acceptors (Lipinski definition) is 5. The molecule has 1 N–H and O–H groups in total. The van der Waals surface area contributed by atoms with Gasteiger partial charge < -0.3 is 5.32 Å².